The number of hydrogen-bond acceptors (Lipinski definition) is 3. The Balaban J connectivity index is 1.90. The summed E-state index contributed by atoms with van der Waals surface area (Å²) >= 11 is 5.84. The first kappa shape index (κ1) is 17.5. The van der Waals surface area contributed by atoms with Gasteiger partial charge in [-0.15, -0.1) is 0 Å². The molecule has 3 N–H and O–H groups in total. The van der Waals surface area contributed by atoms with Crippen LogP contribution in [-0.2, 0) is 9.59 Å². The van der Waals surface area contributed by atoms with Crippen molar-refractivity contribution in [3.05, 3.63) is 83.9 Å². The maximum atomic E-state index is 12.9. The minimum Gasteiger partial charge on any atom is -0.399 e. The first-order valence-electron chi connectivity index (χ1n) is 7.86. The predicted octanol–water partition coefficient (Wildman–Crippen LogP) is 4.23. The molecule has 0 heterocycles. The second-order valence-electron chi connectivity index (χ2n) is 5.53. The Morgan fingerprint density at radius 1 is 0.808 bits per heavy atom. The van der Waals surface area contributed by atoms with Crippen molar-refractivity contribution in [3.8, 4) is 0 Å². The summed E-state index contributed by atoms with van der Waals surface area (Å²) in [7, 11) is 0. The zero-order valence-corrected chi connectivity index (χ0v) is 14.5. The number of anilines is 4. The summed E-state index contributed by atoms with van der Waals surface area (Å²) in [5, 5.41) is 3.13. The van der Waals surface area contributed by atoms with Crippen LogP contribution in [0.4, 0.5) is 22.7 Å². The highest BCUT2D eigenvalue weighted by atomic mass is 35.5. The van der Waals surface area contributed by atoms with Crippen LogP contribution in [0.25, 0.3) is 0 Å². The average Bonchev–Trinajstić information content (AvgIpc) is 2.66. The summed E-state index contributed by atoms with van der Waals surface area (Å²) in [6.45, 7) is 0. The standard InChI is InChI=1S/C20H16ClN3O2/c21-14-6-10-16(11-7-14)23-19(25)20(26)24(17-4-2-1-3-5-17)18-12-8-15(22)9-13-18/h1-13H,22H2,(H,23,25). The van der Waals surface area contributed by atoms with Crippen LogP contribution in [0.1, 0.15) is 0 Å². The molecule has 5 nitrogen and oxygen atoms in total. The Bertz CT molecular complexity index is 910. The molecular formula is C20H16ClN3O2. The maximum Gasteiger partial charge on any atom is 0.321 e. The summed E-state index contributed by atoms with van der Waals surface area (Å²) in [6, 6.07) is 22.2. The van der Waals surface area contributed by atoms with Gasteiger partial charge < -0.3 is 11.1 Å². The molecule has 3 aromatic rings. The van der Waals surface area contributed by atoms with Crippen molar-refractivity contribution in [3.63, 3.8) is 0 Å². The van der Waals surface area contributed by atoms with Gasteiger partial charge in [0.25, 0.3) is 0 Å². The van der Waals surface area contributed by atoms with E-state index in [0.29, 0.717) is 27.8 Å². The third-order valence-corrected chi connectivity index (χ3v) is 3.92. The molecule has 0 saturated carbocycles. The zero-order valence-electron chi connectivity index (χ0n) is 13.7. The van der Waals surface area contributed by atoms with E-state index < -0.39 is 11.8 Å². The van der Waals surface area contributed by atoms with Crippen LogP contribution in [0.5, 0.6) is 0 Å². The molecule has 0 saturated heterocycles. The summed E-state index contributed by atoms with van der Waals surface area (Å²) < 4.78 is 0. The van der Waals surface area contributed by atoms with Crippen LogP contribution in [0.2, 0.25) is 5.02 Å². The van der Waals surface area contributed by atoms with Crippen LogP contribution < -0.4 is 16.0 Å². The molecule has 2 amide bonds. The Labute approximate surface area is 156 Å². The number of benzene rings is 3. The molecule has 0 aromatic heterocycles. The number of nitrogens with zero attached hydrogens (tertiary/aromatic N) is 1. The molecule has 0 aliphatic heterocycles. The van der Waals surface area contributed by atoms with Gasteiger partial charge in [-0.05, 0) is 60.7 Å². The van der Waals surface area contributed by atoms with E-state index in [4.69, 9.17) is 17.3 Å². The van der Waals surface area contributed by atoms with Gasteiger partial charge in [0.2, 0.25) is 0 Å². The van der Waals surface area contributed by atoms with Crippen molar-refractivity contribution < 1.29 is 9.59 Å². The molecule has 3 aromatic carbocycles. The smallest absolute Gasteiger partial charge is 0.321 e. The van der Waals surface area contributed by atoms with E-state index in [0.717, 1.165) is 0 Å². The molecule has 26 heavy (non-hydrogen) atoms. The highest BCUT2D eigenvalue weighted by Gasteiger charge is 2.25. The van der Waals surface area contributed by atoms with Crippen molar-refractivity contribution in [1.29, 1.82) is 0 Å². The van der Waals surface area contributed by atoms with Gasteiger partial charge in [0.05, 0.1) is 0 Å². The lowest BCUT2D eigenvalue weighted by Crippen LogP contribution is -2.36. The van der Waals surface area contributed by atoms with Crippen LogP contribution >= 0.6 is 11.6 Å². The van der Waals surface area contributed by atoms with E-state index in [2.05, 4.69) is 5.32 Å². The Kier molecular flexibility index (Phi) is 5.20. The van der Waals surface area contributed by atoms with Crippen LogP contribution in [-0.4, -0.2) is 11.8 Å². The number of para-hydroxylation sites is 1. The molecule has 0 spiro atoms. The number of nitrogens with two attached hydrogens (primary N) is 1. The molecule has 0 aliphatic carbocycles. The van der Waals surface area contributed by atoms with E-state index in [-0.39, 0.29) is 0 Å². The van der Waals surface area contributed by atoms with Crippen molar-refractivity contribution in [2.24, 2.45) is 0 Å². The number of amides is 2. The van der Waals surface area contributed by atoms with E-state index >= 15 is 0 Å². The third-order valence-electron chi connectivity index (χ3n) is 3.67. The van der Waals surface area contributed by atoms with E-state index in [1.165, 1.54) is 4.90 Å². The van der Waals surface area contributed by atoms with Crippen LogP contribution in [0, 0.1) is 0 Å². The summed E-state index contributed by atoms with van der Waals surface area (Å²) in [6.07, 6.45) is 0. The first-order chi connectivity index (χ1) is 12.5. The first-order valence-corrected chi connectivity index (χ1v) is 8.24. The maximum absolute atomic E-state index is 12.9. The van der Waals surface area contributed by atoms with Crippen molar-refractivity contribution >= 4 is 46.2 Å². The number of nitrogen functional groups attached to an aromatic ring is 1. The molecule has 0 unspecified atom stereocenters. The van der Waals surface area contributed by atoms with Crippen molar-refractivity contribution in [2.45, 2.75) is 0 Å². The molecule has 0 aliphatic rings. The third kappa shape index (κ3) is 4.02. The largest absolute Gasteiger partial charge is 0.399 e. The fraction of sp³-hybridized carbons (Fsp3) is 0. The second kappa shape index (κ2) is 7.72. The molecule has 0 bridgehead atoms. The van der Waals surface area contributed by atoms with Gasteiger partial charge in [-0.2, -0.15) is 0 Å². The average molecular weight is 366 g/mol. The number of hydrogen-bond donors (Lipinski definition) is 2. The van der Waals surface area contributed by atoms with Crippen molar-refractivity contribution in [2.75, 3.05) is 16.0 Å². The predicted molar refractivity (Wildman–Crippen MR) is 105 cm³/mol. The highest BCUT2D eigenvalue weighted by molar-refractivity contribution is 6.45. The monoisotopic (exact) mass is 365 g/mol. The van der Waals surface area contributed by atoms with Gasteiger partial charge in [0.15, 0.2) is 0 Å². The molecule has 0 fully saturated rings. The summed E-state index contributed by atoms with van der Waals surface area (Å²) in [5.74, 6) is -1.47. The van der Waals surface area contributed by atoms with Gasteiger partial charge >= 0.3 is 11.8 Å². The number of carbonyl (C=O) groups excluding carboxylic acids is 2. The number of halogens is 1. The molecule has 0 atom stereocenters. The van der Waals surface area contributed by atoms with Gasteiger partial charge in [0.1, 0.15) is 0 Å². The van der Waals surface area contributed by atoms with Gasteiger partial charge in [-0.3, -0.25) is 14.5 Å². The minimum absolute atomic E-state index is 0.484. The molecule has 0 radical (unpaired) electrons. The number of nitrogens with one attached hydrogen (secondary N) is 1. The highest BCUT2D eigenvalue weighted by Crippen LogP contribution is 2.26. The fourth-order valence-corrected chi connectivity index (χ4v) is 2.53. The molecule has 3 rings (SSSR count). The normalized spacial score (nSPS) is 10.2. The quantitative estimate of drug-likeness (QED) is 0.538. The summed E-state index contributed by atoms with van der Waals surface area (Å²) in [4.78, 5) is 26.7. The Hall–Kier alpha value is -3.31. The lowest BCUT2D eigenvalue weighted by atomic mass is 10.2. The zero-order chi connectivity index (χ0) is 18.5. The summed E-state index contributed by atoms with van der Waals surface area (Å²) in [5.41, 5.74) is 7.90. The molecular weight excluding hydrogens is 350 g/mol. The lowest BCUT2D eigenvalue weighted by Gasteiger charge is -2.22. The van der Waals surface area contributed by atoms with Crippen LogP contribution in [0.3, 0.4) is 0 Å². The van der Waals surface area contributed by atoms with Gasteiger partial charge in [0, 0.05) is 27.8 Å². The topological polar surface area (TPSA) is 75.4 Å². The van der Waals surface area contributed by atoms with E-state index in [1.54, 1.807) is 72.8 Å². The van der Waals surface area contributed by atoms with Gasteiger partial charge in [-0.25, -0.2) is 0 Å². The number of rotatable bonds is 3. The van der Waals surface area contributed by atoms with E-state index in [9.17, 15) is 9.59 Å². The fourth-order valence-electron chi connectivity index (χ4n) is 2.40. The lowest BCUT2D eigenvalue weighted by molar-refractivity contribution is -0.134. The Morgan fingerprint density at radius 3 is 2.00 bits per heavy atom. The number of carbonyl (C=O) groups is 2. The van der Waals surface area contributed by atoms with E-state index in [1.807, 2.05) is 6.07 Å². The SMILES string of the molecule is Nc1ccc(N(C(=O)C(=O)Nc2ccc(Cl)cc2)c2ccccc2)cc1. The molecule has 130 valence electrons. The van der Waals surface area contributed by atoms with Gasteiger partial charge in [-0.1, -0.05) is 29.8 Å². The second-order valence-corrected chi connectivity index (χ2v) is 5.97. The van der Waals surface area contributed by atoms with Crippen LogP contribution in [0.15, 0.2) is 78.9 Å². The Morgan fingerprint density at radius 2 is 1.38 bits per heavy atom. The minimum atomic E-state index is -0.756. The molecule has 6 heteroatoms. The van der Waals surface area contributed by atoms with Crippen molar-refractivity contribution in [1.82, 2.24) is 0 Å².